The van der Waals surface area contributed by atoms with Crippen molar-refractivity contribution in [3.8, 4) is 5.75 Å². The zero-order valence-corrected chi connectivity index (χ0v) is 16.4. The minimum atomic E-state index is -3.64. The molecule has 0 aliphatic rings. The van der Waals surface area contributed by atoms with Gasteiger partial charge in [0.2, 0.25) is 10.0 Å². The van der Waals surface area contributed by atoms with E-state index in [1.807, 2.05) is 43.3 Å². The minimum absolute atomic E-state index is 0.123. The van der Waals surface area contributed by atoms with Crippen molar-refractivity contribution >= 4 is 10.0 Å². The molecule has 1 atom stereocenters. The predicted molar refractivity (Wildman–Crippen MR) is 97.3 cm³/mol. The molecule has 0 aliphatic carbocycles. The van der Waals surface area contributed by atoms with Crippen molar-refractivity contribution in [3.05, 3.63) is 41.2 Å². The van der Waals surface area contributed by atoms with Crippen molar-refractivity contribution in [3.63, 3.8) is 0 Å². The fourth-order valence-electron chi connectivity index (χ4n) is 2.85. The van der Waals surface area contributed by atoms with Gasteiger partial charge < -0.3 is 9.64 Å². The predicted octanol–water partition coefficient (Wildman–Crippen LogP) is 1.63. The summed E-state index contributed by atoms with van der Waals surface area (Å²) in [5, 5.41) is 4.19. The van der Waals surface area contributed by atoms with Crippen LogP contribution in [-0.4, -0.2) is 50.8 Å². The zero-order valence-electron chi connectivity index (χ0n) is 15.6. The molecule has 2 rings (SSSR count). The van der Waals surface area contributed by atoms with E-state index < -0.39 is 10.0 Å². The summed E-state index contributed by atoms with van der Waals surface area (Å²) in [6.07, 6.45) is 0. The van der Waals surface area contributed by atoms with E-state index in [0.29, 0.717) is 11.4 Å². The normalized spacial score (nSPS) is 13.2. The Kier molecular flexibility index (Phi) is 5.87. The van der Waals surface area contributed by atoms with Crippen LogP contribution in [0.25, 0.3) is 0 Å². The molecule has 1 aromatic carbocycles. The van der Waals surface area contributed by atoms with Crippen molar-refractivity contribution in [1.82, 2.24) is 19.4 Å². The van der Waals surface area contributed by atoms with E-state index in [1.165, 1.54) is 0 Å². The van der Waals surface area contributed by atoms with Crippen LogP contribution in [0.3, 0.4) is 0 Å². The summed E-state index contributed by atoms with van der Waals surface area (Å²) in [6, 6.07) is 7.51. The first kappa shape index (κ1) is 19.4. The summed E-state index contributed by atoms with van der Waals surface area (Å²) in [7, 11) is 3.53. The maximum Gasteiger partial charge on any atom is 0.244 e. The van der Waals surface area contributed by atoms with Crippen LogP contribution < -0.4 is 9.46 Å². The SMILES string of the molecule is COc1cccc(C(CNS(=O)(=O)c2c(C)nn(C)c2C)N(C)C)c1. The van der Waals surface area contributed by atoms with Gasteiger partial charge in [-0.15, -0.1) is 0 Å². The second-order valence-electron chi connectivity index (χ2n) is 6.23. The molecule has 0 amide bonds. The molecule has 1 unspecified atom stereocenters. The largest absolute Gasteiger partial charge is 0.497 e. The quantitative estimate of drug-likeness (QED) is 0.806. The third kappa shape index (κ3) is 4.20. The van der Waals surface area contributed by atoms with Gasteiger partial charge in [-0.2, -0.15) is 5.10 Å². The summed E-state index contributed by atoms with van der Waals surface area (Å²) < 4.78 is 35.1. The summed E-state index contributed by atoms with van der Waals surface area (Å²) >= 11 is 0. The molecule has 1 aromatic heterocycles. The number of hydrogen-bond donors (Lipinski definition) is 1. The molecule has 1 heterocycles. The maximum atomic E-state index is 12.8. The number of nitrogens with zero attached hydrogens (tertiary/aromatic N) is 3. The van der Waals surface area contributed by atoms with E-state index in [-0.39, 0.29) is 17.5 Å². The molecule has 0 bridgehead atoms. The first-order valence-electron chi connectivity index (χ1n) is 7.97. The molecule has 138 valence electrons. The molecule has 0 spiro atoms. The Morgan fingerprint density at radius 1 is 1.32 bits per heavy atom. The Bertz CT molecular complexity index is 844. The molecule has 0 aliphatic heterocycles. The lowest BCUT2D eigenvalue weighted by molar-refractivity contribution is 0.298. The van der Waals surface area contributed by atoms with Crippen molar-refractivity contribution in [2.45, 2.75) is 24.8 Å². The lowest BCUT2D eigenvalue weighted by Crippen LogP contribution is -2.35. The Morgan fingerprint density at radius 3 is 2.52 bits per heavy atom. The molecule has 0 saturated carbocycles. The minimum Gasteiger partial charge on any atom is -0.497 e. The summed E-state index contributed by atoms with van der Waals surface area (Å²) in [5.41, 5.74) is 2.09. The van der Waals surface area contributed by atoms with Crippen molar-refractivity contribution in [1.29, 1.82) is 0 Å². The smallest absolute Gasteiger partial charge is 0.244 e. The van der Waals surface area contributed by atoms with Crippen molar-refractivity contribution in [2.75, 3.05) is 27.7 Å². The third-order valence-electron chi connectivity index (χ3n) is 4.28. The standard InChI is InChI=1S/C17H26N4O3S/c1-12-17(13(2)21(5)19-12)25(22,23)18-11-16(20(3)4)14-8-7-9-15(10-14)24-6/h7-10,16,18H,11H2,1-6H3. The molecule has 1 N–H and O–H groups in total. The number of aryl methyl sites for hydroxylation is 2. The highest BCUT2D eigenvalue weighted by Crippen LogP contribution is 2.24. The van der Waals surface area contributed by atoms with Crippen LogP contribution in [0.15, 0.2) is 29.2 Å². The fraction of sp³-hybridized carbons (Fsp3) is 0.471. The van der Waals surface area contributed by atoms with Crippen LogP contribution in [0, 0.1) is 13.8 Å². The van der Waals surface area contributed by atoms with Crippen LogP contribution in [0.1, 0.15) is 23.0 Å². The Balaban J connectivity index is 2.26. The van der Waals surface area contributed by atoms with E-state index in [0.717, 1.165) is 11.3 Å². The number of likely N-dealkylation sites (N-methyl/N-ethyl adjacent to an activating group) is 1. The molecular formula is C17H26N4O3S. The van der Waals surface area contributed by atoms with Crippen LogP contribution in [0.5, 0.6) is 5.75 Å². The highest BCUT2D eigenvalue weighted by atomic mass is 32.2. The van der Waals surface area contributed by atoms with Gasteiger partial charge in [0.25, 0.3) is 0 Å². The average molecular weight is 366 g/mol. The Hall–Kier alpha value is -1.90. The number of sulfonamides is 1. The summed E-state index contributed by atoms with van der Waals surface area (Å²) in [6.45, 7) is 3.70. The Labute approximate surface area is 149 Å². The summed E-state index contributed by atoms with van der Waals surface area (Å²) in [5.74, 6) is 0.742. The number of benzene rings is 1. The van der Waals surface area contributed by atoms with Gasteiger partial charge in [0.1, 0.15) is 10.6 Å². The van der Waals surface area contributed by atoms with Crippen LogP contribution in [0.4, 0.5) is 0 Å². The summed E-state index contributed by atoms with van der Waals surface area (Å²) in [4.78, 5) is 2.22. The van der Waals surface area contributed by atoms with Gasteiger partial charge >= 0.3 is 0 Å². The molecule has 0 fully saturated rings. The van der Waals surface area contributed by atoms with Gasteiger partial charge in [0, 0.05) is 19.6 Å². The number of methoxy groups -OCH3 is 1. The van der Waals surface area contributed by atoms with E-state index in [2.05, 4.69) is 9.82 Å². The molecular weight excluding hydrogens is 340 g/mol. The monoisotopic (exact) mass is 366 g/mol. The maximum absolute atomic E-state index is 12.8. The first-order chi connectivity index (χ1) is 11.7. The molecule has 25 heavy (non-hydrogen) atoms. The topological polar surface area (TPSA) is 76.5 Å². The fourth-order valence-corrected chi connectivity index (χ4v) is 4.32. The van der Waals surface area contributed by atoms with Gasteiger partial charge in [-0.05, 0) is 45.6 Å². The molecule has 0 saturated heterocycles. The van der Waals surface area contributed by atoms with Gasteiger partial charge in [0.15, 0.2) is 0 Å². The second kappa shape index (κ2) is 7.55. The lowest BCUT2D eigenvalue weighted by Gasteiger charge is -2.25. The van der Waals surface area contributed by atoms with Crippen LogP contribution >= 0.6 is 0 Å². The number of rotatable bonds is 7. The van der Waals surface area contributed by atoms with Crippen molar-refractivity contribution in [2.24, 2.45) is 7.05 Å². The van der Waals surface area contributed by atoms with Gasteiger partial charge in [-0.1, -0.05) is 12.1 Å². The molecule has 0 radical (unpaired) electrons. The first-order valence-corrected chi connectivity index (χ1v) is 9.46. The van der Waals surface area contributed by atoms with Crippen molar-refractivity contribution < 1.29 is 13.2 Å². The van der Waals surface area contributed by atoms with Gasteiger partial charge in [-0.3, -0.25) is 4.68 Å². The average Bonchev–Trinajstić information content (AvgIpc) is 2.80. The number of aromatic nitrogens is 2. The number of ether oxygens (including phenoxy) is 1. The van der Waals surface area contributed by atoms with Crippen LogP contribution in [0.2, 0.25) is 0 Å². The molecule has 8 heteroatoms. The van der Waals surface area contributed by atoms with Crippen LogP contribution in [-0.2, 0) is 17.1 Å². The second-order valence-corrected chi connectivity index (χ2v) is 7.94. The van der Waals surface area contributed by atoms with Gasteiger partial charge in [0.05, 0.1) is 18.5 Å². The highest BCUT2D eigenvalue weighted by Gasteiger charge is 2.25. The molecule has 7 nitrogen and oxygen atoms in total. The Morgan fingerprint density at radius 2 is 2.00 bits per heavy atom. The zero-order chi connectivity index (χ0) is 18.8. The van der Waals surface area contributed by atoms with E-state index in [9.17, 15) is 8.42 Å². The lowest BCUT2D eigenvalue weighted by atomic mass is 10.1. The highest BCUT2D eigenvalue weighted by molar-refractivity contribution is 7.89. The van der Waals surface area contributed by atoms with E-state index in [1.54, 1.807) is 32.7 Å². The van der Waals surface area contributed by atoms with E-state index in [4.69, 9.17) is 4.74 Å². The number of nitrogens with one attached hydrogen (secondary N) is 1. The van der Waals surface area contributed by atoms with Gasteiger partial charge in [-0.25, -0.2) is 13.1 Å². The number of hydrogen-bond acceptors (Lipinski definition) is 5. The van der Waals surface area contributed by atoms with E-state index >= 15 is 0 Å². The third-order valence-corrected chi connectivity index (χ3v) is 5.95. The molecule has 2 aromatic rings.